The van der Waals surface area contributed by atoms with Gasteiger partial charge in [0.05, 0.1) is 17.8 Å². The molecule has 0 saturated heterocycles. The molecule has 1 aliphatic carbocycles. The smallest absolute Gasteiger partial charge is 0.232 e. The third kappa shape index (κ3) is 3.58. The highest BCUT2D eigenvalue weighted by Crippen LogP contribution is 2.44. The maximum absolute atomic E-state index is 11.4. The Morgan fingerprint density at radius 2 is 1.90 bits per heavy atom. The monoisotopic (exact) mass is 420 g/mol. The molecule has 1 saturated carbocycles. The minimum atomic E-state index is -2.14. The van der Waals surface area contributed by atoms with E-state index in [0.717, 1.165) is 22.3 Å². The van der Waals surface area contributed by atoms with Crippen molar-refractivity contribution in [2.45, 2.75) is 24.9 Å². The summed E-state index contributed by atoms with van der Waals surface area (Å²) in [5, 5.41) is 8.06. The molecule has 152 valence electrons. The summed E-state index contributed by atoms with van der Waals surface area (Å²) in [4.78, 5) is 9.15. The molecule has 1 aliphatic rings. The standard InChI is InChI=1S/C21H20N6O2S/c28-30(29)26-21(10-11-21)20-24-19(23-14-16-8-4-5-12-22-16)18-17(9-13-27(18)25-20)15-6-2-1-3-7-15/h1-9,12-13,26H,10-11,14H2,(H,28,29)(H,23,24,25). The van der Waals surface area contributed by atoms with Gasteiger partial charge in [0, 0.05) is 18.0 Å². The van der Waals surface area contributed by atoms with Crippen molar-refractivity contribution >= 4 is 22.6 Å². The van der Waals surface area contributed by atoms with Gasteiger partial charge in [-0.1, -0.05) is 36.4 Å². The van der Waals surface area contributed by atoms with Crippen LogP contribution in [0.4, 0.5) is 5.82 Å². The molecule has 30 heavy (non-hydrogen) atoms. The van der Waals surface area contributed by atoms with E-state index in [2.05, 4.69) is 20.1 Å². The average molecular weight is 420 g/mol. The van der Waals surface area contributed by atoms with E-state index in [4.69, 9.17) is 4.98 Å². The van der Waals surface area contributed by atoms with E-state index in [9.17, 15) is 8.76 Å². The van der Waals surface area contributed by atoms with Crippen LogP contribution in [-0.4, -0.2) is 28.3 Å². The highest BCUT2D eigenvalue weighted by Gasteiger charge is 2.49. The second-order valence-electron chi connectivity index (χ2n) is 7.28. The third-order valence-corrected chi connectivity index (χ3v) is 5.79. The van der Waals surface area contributed by atoms with E-state index in [-0.39, 0.29) is 0 Å². The zero-order chi connectivity index (χ0) is 20.6. The predicted octanol–water partition coefficient (Wildman–Crippen LogP) is 3.12. The lowest BCUT2D eigenvalue weighted by molar-refractivity contribution is 0.508. The molecule has 1 fully saturated rings. The van der Waals surface area contributed by atoms with Crippen molar-refractivity contribution in [1.29, 1.82) is 0 Å². The molecule has 0 radical (unpaired) electrons. The fraction of sp³-hybridized carbons (Fsp3) is 0.190. The second kappa shape index (κ2) is 7.60. The molecule has 4 aromatic rings. The van der Waals surface area contributed by atoms with Crippen LogP contribution in [0.2, 0.25) is 0 Å². The van der Waals surface area contributed by atoms with Crippen molar-refractivity contribution in [2.75, 3.05) is 5.32 Å². The topological polar surface area (TPSA) is 104 Å². The first-order valence-electron chi connectivity index (χ1n) is 9.62. The molecule has 3 N–H and O–H groups in total. The van der Waals surface area contributed by atoms with E-state index in [0.29, 0.717) is 31.0 Å². The maximum Gasteiger partial charge on any atom is 0.232 e. The van der Waals surface area contributed by atoms with Crippen molar-refractivity contribution in [3.63, 3.8) is 0 Å². The van der Waals surface area contributed by atoms with E-state index >= 15 is 0 Å². The Morgan fingerprint density at radius 1 is 1.10 bits per heavy atom. The van der Waals surface area contributed by atoms with Crippen LogP contribution in [0.15, 0.2) is 67.0 Å². The number of nitrogens with zero attached hydrogens (tertiary/aromatic N) is 4. The van der Waals surface area contributed by atoms with Crippen LogP contribution in [0, 0.1) is 0 Å². The van der Waals surface area contributed by atoms with Gasteiger partial charge < -0.3 is 5.32 Å². The van der Waals surface area contributed by atoms with Crippen molar-refractivity contribution in [3.8, 4) is 11.1 Å². The van der Waals surface area contributed by atoms with Gasteiger partial charge in [-0.05, 0) is 36.6 Å². The maximum atomic E-state index is 11.4. The van der Waals surface area contributed by atoms with Gasteiger partial charge in [-0.2, -0.15) is 5.10 Å². The van der Waals surface area contributed by atoms with Crippen LogP contribution in [0.1, 0.15) is 24.4 Å². The van der Waals surface area contributed by atoms with Gasteiger partial charge >= 0.3 is 0 Å². The van der Waals surface area contributed by atoms with Crippen LogP contribution >= 0.6 is 0 Å². The van der Waals surface area contributed by atoms with Gasteiger partial charge in [0.15, 0.2) is 11.6 Å². The summed E-state index contributed by atoms with van der Waals surface area (Å²) < 4.78 is 25.2. The summed E-state index contributed by atoms with van der Waals surface area (Å²) in [6.07, 6.45) is 5.06. The van der Waals surface area contributed by atoms with Crippen LogP contribution < -0.4 is 10.0 Å². The molecular formula is C21H20N6O2S. The number of hydrogen-bond donors (Lipinski definition) is 3. The van der Waals surface area contributed by atoms with Gasteiger partial charge in [0.2, 0.25) is 11.3 Å². The molecule has 3 heterocycles. The number of anilines is 1. The Bertz CT molecular complexity index is 1210. The van der Waals surface area contributed by atoms with Crippen molar-refractivity contribution in [1.82, 2.24) is 24.3 Å². The Kier molecular flexibility index (Phi) is 4.78. The highest BCUT2D eigenvalue weighted by molar-refractivity contribution is 7.77. The van der Waals surface area contributed by atoms with Crippen molar-refractivity contribution < 1.29 is 8.76 Å². The first-order valence-corrected chi connectivity index (χ1v) is 10.7. The molecule has 8 nitrogen and oxygen atoms in total. The Labute approximate surface area is 175 Å². The SMILES string of the molecule is O=S(O)NC1(c2nc(NCc3ccccn3)c3c(-c4ccccc4)ccn3n2)CC1. The third-order valence-electron chi connectivity index (χ3n) is 5.22. The Morgan fingerprint density at radius 3 is 2.60 bits per heavy atom. The van der Waals surface area contributed by atoms with Crippen LogP contribution in [0.5, 0.6) is 0 Å². The minimum absolute atomic E-state index is 0.496. The van der Waals surface area contributed by atoms with Gasteiger partial charge in [-0.25, -0.2) is 18.4 Å². The molecule has 1 unspecified atom stereocenters. The normalized spacial score (nSPS) is 15.8. The summed E-state index contributed by atoms with van der Waals surface area (Å²) in [6, 6.07) is 17.8. The number of nitrogens with one attached hydrogen (secondary N) is 2. The average Bonchev–Trinajstić information content (AvgIpc) is 3.41. The molecular weight excluding hydrogens is 400 g/mol. The minimum Gasteiger partial charge on any atom is -0.363 e. The lowest BCUT2D eigenvalue weighted by atomic mass is 10.1. The molecule has 1 aromatic carbocycles. The molecule has 0 spiro atoms. The zero-order valence-corrected chi connectivity index (χ0v) is 16.8. The van der Waals surface area contributed by atoms with Gasteiger partial charge in [-0.15, -0.1) is 0 Å². The Hall–Kier alpha value is -3.14. The summed E-state index contributed by atoms with van der Waals surface area (Å²) in [7, 11) is 0. The molecule has 9 heteroatoms. The number of pyridine rings is 1. The number of hydrogen-bond acceptors (Lipinski definition) is 5. The summed E-state index contributed by atoms with van der Waals surface area (Å²) in [5.74, 6) is 1.16. The lowest BCUT2D eigenvalue weighted by Crippen LogP contribution is -2.33. The van der Waals surface area contributed by atoms with Gasteiger partial charge in [-0.3, -0.25) is 9.54 Å². The summed E-state index contributed by atoms with van der Waals surface area (Å²) >= 11 is -2.14. The fourth-order valence-electron chi connectivity index (χ4n) is 3.54. The van der Waals surface area contributed by atoms with Crippen LogP contribution in [-0.2, 0) is 23.4 Å². The van der Waals surface area contributed by atoms with Gasteiger partial charge in [0.25, 0.3) is 0 Å². The molecule has 0 amide bonds. The second-order valence-corrected chi connectivity index (χ2v) is 7.98. The largest absolute Gasteiger partial charge is 0.363 e. The summed E-state index contributed by atoms with van der Waals surface area (Å²) in [5.41, 5.74) is 3.13. The lowest BCUT2D eigenvalue weighted by Gasteiger charge is -2.16. The number of rotatable bonds is 7. The quantitative estimate of drug-likeness (QED) is 0.397. The fourth-order valence-corrected chi connectivity index (χ4v) is 4.17. The molecule has 5 rings (SSSR count). The van der Waals surface area contributed by atoms with Crippen LogP contribution in [0.3, 0.4) is 0 Å². The van der Waals surface area contributed by atoms with Crippen molar-refractivity contribution in [2.24, 2.45) is 0 Å². The molecule has 0 aliphatic heterocycles. The van der Waals surface area contributed by atoms with Crippen LogP contribution in [0.25, 0.3) is 16.6 Å². The molecule has 0 bridgehead atoms. The Balaban J connectivity index is 1.61. The predicted molar refractivity (Wildman–Crippen MR) is 115 cm³/mol. The first-order chi connectivity index (χ1) is 14.6. The first kappa shape index (κ1) is 18.9. The molecule has 3 aromatic heterocycles. The van der Waals surface area contributed by atoms with E-state index < -0.39 is 16.8 Å². The number of fused-ring (bicyclic) bond motifs is 1. The van der Waals surface area contributed by atoms with E-state index in [1.54, 1.807) is 10.7 Å². The highest BCUT2D eigenvalue weighted by atomic mass is 32.2. The molecule has 1 atom stereocenters. The summed E-state index contributed by atoms with van der Waals surface area (Å²) in [6.45, 7) is 0.499. The zero-order valence-electron chi connectivity index (χ0n) is 16.0. The van der Waals surface area contributed by atoms with Gasteiger partial charge in [0.1, 0.15) is 5.52 Å². The number of aromatic nitrogens is 4. The number of benzene rings is 1. The van der Waals surface area contributed by atoms with E-state index in [1.165, 1.54) is 0 Å². The van der Waals surface area contributed by atoms with Crippen molar-refractivity contribution in [3.05, 3.63) is 78.5 Å². The van der Waals surface area contributed by atoms with E-state index in [1.807, 2.05) is 60.8 Å².